The Morgan fingerprint density at radius 2 is 2.21 bits per heavy atom. The van der Waals surface area contributed by atoms with Gasteiger partial charge >= 0.3 is 0 Å². The van der Waals surface area contributed by atoms with Crippen LogP contribution in [0.4, 0.5) is 11.5 Å². The normalized spacial score (nSPS) is 13.3. The smallest absolute Gasteiger partial charge is 0.246 e. The monoisotopic (exact) mass is 548 g/mol. The van der Waals surface area contributed by atoms with Crippen LogP contribution in [0.15, 0.2) is 61.2 Å². The molecule has 0 aliphatic carbocycles. The molecule has 0 radical (unpaired) electrons. The van der Waals surface area contributed by atoms with Gasteiger partial charge in [0.25, 0.3) is 0 Å². The van der Waals surface area contributed by atoms with Gasteiger partial charge in [0.2, 0.25) is 5.91 Å². The number of nitrogens with zero attached hydrogens (tertiary/aromatic N) is 5. The number of fused-ring (bicyclic) bond motifs is 3. The van der Waals surface area contributed by atoms with Crippen LogP contribution in [0, 0.1) is 0 Å². The van der Waals surface area contributed by atoms with E-state index in [2.05, 4.69) is 32.1 Å². The fourth-order valence-corrected chi connectivity index (χ4v) is 5.69. The van der Waals surface area contributed by atoms with Gasteiger partial charge in [-0.3, -0.25) is 9.78 Å². The third-order valence-electron chi connectivity index (χ3n) is 6.48. The molecule has 1 aromatic carbocycles. The van der Waals surface area contributed by atoms with Crippen LogP contribution in [-0.4, -0.2) is 57.3 Å². The van der Waals surface area contributed by atoms with Crippen LogP contribution in [0.3, 0.4) is 0 Å². The summed E-state index contributed by atoms with van der Waals surface area (Å²) in [4.78, 5) is 32.0. The lowest BCUT2D eigenvalue weighted by molar-refractivity contribution is -0.126. The Labute approximate surface area is 230 Å². The zero-order valence-corrected chi connectivity index (χ0v) is 22.9. The first-order valence-electron chi connectivity index (χ1n) is 12.5. The summed E-state index contributed by atoms with van der Waals surface area (Å²) in [6.07, 6.45) is 9.44. The molecule has 0 unspecified atom stereocenters. The highest BCUT2D eigenvalue weighted by Crippen LogP contribution is 2.38. The van der Waals surface area contributed by atoms with Crippen molar-refractivity contribution in [3.8, 4) is 5.75 Å². The van der Waals surface area contributed by atoms with Crippen LogP contribution in [0.25, 0.3) is 10.2 Å². The molecule has 5 rings (SSSR count). The standard InChI is InChI=1S/C28H29ClN6O2S/c1-3-34(2)12-5-7-25(36)35-13-10-21-24(16-35)38-28-26(21)27(31-18-32-28)33-20-8-9-23(22(29)14-20)37-17-19-6-4-11-30-15-19/h4-9,11,14-15,18H,3,10,12-13,16-17H2,1-2H3,(H,31,32,33)/b7-5+. The second-order valence-corrected chi connectivity index (χ2v) is 10.6. The minimum atomic E-state index is 0.0440. The van der Waals surface area contributed by atoms with E-state index in [1.807, 2.05) is 48.4 Å². The second-order valence-electron chi connectivity index (χ2n) is 9.09. The summed E-state index contributed by atoms with van der Waals surface area (Å²) < 4.78 is 5.87. The Kier molecular flexibility index (Phi) is 8.17. The molecule has 1 aliphatic rings. The number of ether oxygens (including phenoxy) is 1. The van der Waals surface area contributed by atoms with Crippen molar-refractivity contribution in [2.45, 2.75) is 26.5 Å². The van der Waals surface area contributed by atoms with Gasteiger partial charge < -0.3 is 19.9 Å². The van der Waals surface area contributed by atoms with Gasteiger partial charge in [0.05, 0.1) is 17.0 Å². The predicted molar refractivity (Wildman–Crippen MR) is 152 cm³/mol. The molecule has 0 fully saturated rings. The maximum Gasteiger partial charge on any atom is 0.246 e. The first-order chi connectivity index (χ1) is 18.5. The third kappa shape index (κ3) is 5.96. The van der Waals surface area contributed by atoms with Gasteiger partial charge in [0.1, 0.15) is 29.3 Å². The first-order valence-corrected chi connectivity index (χ1v) is 13.7. The molecule has 0 saturated heterocycles. The maximum atomic E-state index is 12.7. The molecule has 1 N–H and O–H groups in total. The van der Waals surface area contributed by atoms with Crippen molar-refractivity contribution in [1.82, 2.24) is 24.8 Å². The van der Waals surface area contributed by atoms with E-state index < -0.39 is 0 Å². The fourth-order valence-electron chi connectivity index (χ4n) is 4.26. The lowest BCUT2D eigenvalue weighted by Gasteiger charge is -2.26. The van der Waals surface area contributed by atoms with E-state index in [9.17, 15) is 4.79 Å². The molecular formula is C28H29ClN6O2S. The van der Waals surface area contributed by atoms with Crippen molar-refractivity contribution >= 4 is 50.6 Å². The highest BCUT2D eigenvalue weighted by atomic mass is 35.5. The van der Waals surface area contributed by atoms with Crippen LogP contribution < -0.4 is 10.1 Å². The van der Waals surface area contributed by atoms with Crippen molar-refractivity contribution < 1.29 is 9.53 Å². The van der Waals surface area contributed by atoms with Crippen LogP contribution in [-0.2, 0) is 24.4 Å². The molecule has 10 heteroatoms. The van der Waals surface area contributed by atoms with Crippen molar-refractivity contribution in [3.05, 3.63) is 82.2 Å². The molecular weight excluding hydrogens is 520 g/mol. The Morgan fingerprint density at radius 3 is 3.00 bits per heavy atom. The summed E-state index contributed by atoms with van der Waals surface area (Å²) in [5.74, 6) is 1.37. The maximum absolute atomic E-state index is 12.7. The number of halogens is 1. The van der Waals surface area contributed by atoms with E-state index in [4.69, 9.17) is 16.3 Å². The average Bonchev–Trinajstić information content (AvgIpc) is 3.32. The number of aromatic nitrogens is 3. The summed E-state index contributed by atoms with van der Waals surface area (Å²) in [5.41, 5.74) is 2.98. The van der Waals surface area contributed by atoms with Gasteiger partial charge in [-0.25, -0.2) is 9.97 Å². The number of nitrogens with one attached hydrogen (secondary N) is 1. The number of pyridine rings is 1. The SMILES string of the molecule is CCN(C)C/C=C/C(=O)N1CCc2c(sc3ncnc(Nc4ccc(OCc5cccnc5)c(Cl)c4)c23)C1. The Bertz CT molecular complexity index is 1460. The minimum absolute atomic E-state index is 0.0440. The summed E-state index contributed by atoms with van der Waals surface area (Å²) in [5, 5.41) is 4.92. The number of hydrogen-bond acceptors (Lipinski definition) is 8. The first kappa shape index (κ1) is 26.1. The van der Waals surface area contributed by atoms with Gasteiger partial charge in [-0.1, -0.05) is 30.7 Å². The molecule has 0 saturated carbocycles. The summed E-state index contributed by atoms with van der Waals surface area (Å²) in [6, 6.07) is 9.42. The van der Waals surface area contributed by atoms with Gasteiger partial charge in [0.15, 0.2) is 0 Å². The van der Waals surface area contributed by atoms with E-state index >= 15 is 0 Å². The molecule has 0 atom stereocenters. The lowest BCUT2D eigenvalue weighted by Crippen LogP contribution is -2.34. The van der Waals surface area contributed by atoms with Crippen molar-refractivity contribution in [2.75, 3.05) is 32.0 Å². The minimum Gasteiger partial charge on any atom is -0.487 e. The molecule has 38 heavy (non-hydrogen) atoms. The van der Waals surface area contributed by atoms with Crippen molar-refractivity contribution in [3.63, 3.8) is 0 Å². The molecule has 8 nitrogen and oxygen atoms in total. The number of thiophene rings is 1. The predicted octanol–water partition coefficient (Wildman–Crippen LogP) is 5.45. The van der Waals surface area contributed by atoms with Crippen LogP contribution in [0.5, 0.6) is 5.75 Å². The lowest BCUT2D eigenvalue weighted by atomic mass is 10.0. The topological polar surface area (TPSA) is 83.5 Å². The summed E-state index contributed by atoms with van der Waals surface area (Å²) in [7, 11) is 2.03. The fraction of sp³-hybridized carbons (Fsp3) is 0.286. The summed E-state index contributed by atoms with van der Waals surface area (Å²) >= 11 is 8.14. The largest absolute Gasteiger partial charge is 0.487 e. The molecule has 1 aliphatic heterocycles. The summed E-state index contributed by atoms with van der Waals surface area (Å²) in [6.45, 7) is 5.43. The van der Waals surface area contributed by atoms with Gasteiger partial charge in [-0.2, -0.15) is 0 Å². The Hall–Kier alpha value is -3.53. The highest BCUT2D eigenvalue weighted by Gasteiger charge is 2.25. The number of hydrogen-bond donors (Lipinski definition) is 1. The Morgan fingerprint density at radius 1 is 1.32 bits per heavy atom. The van der Waals surface area contributed by atoms with E-state index in [0.717, 1.165) is 51.7 Å². The van der Waals surface area contributed by atoms with Crippen molar-refractivity contribution in [1.29, 1.82) is 0 Å². The van der Waals surface area contributed by atoms with Crippen LogP contribution in [0.1, 0.15) is 22.9 Å². The zero-order valence-electron chi connectivity index (χ0n) is 21.4. The van der Waals surface area contributed by atoms with Crippen LogP contribution >= 0.6 is 22.9 Å². The van der Waals surface area contributed by atoms with Gasteiger partial charge in [-0.15, -0.1) is 11.3 Å². The van der Waals surface area contributed by atoms with Gasteiger partial charge in [-0.05, 0) is 49.8 Å². The number of carbonyl (C=O) groups excluding carboxylic acids is 1. The highest BCUT2D eigenvalue weighted by molar-refractivity contribution is 7.19. The third-order valence-corrected chi connectivity index (χ3v) is 7.90. The molecule has 4 heterocycles. The number of carbonyl (C=O) groups is 1. The van der Waals surface area contributed by atoms with E-state index in [0.29, 0.717) is 30.5 Å². The molecule has 1 amide bonds. The van der Waals surface area contributed by atoms with Crippen molar-refractivity contribution in [2.24, 2.45) is 0 Å². The molecule has 196 valence electrons. The number of likely N-dealkylation sites (N-methyl/N-ethyl adjacent to an activating group) is 1. The Balaban J connectivity index is 1.30. The molecule has 3 aromatic heterocycles. The van der Waals surface area contributed by atoms with Gasteiger partial charge in [0, 0.05) is 47.7 Å². The number of benzene rings is 1. The molecule has 4 aromatic rings. The van der Waals surface area contributed by atoms with Crippen LogP contribution in [0.2, 0.25) is 5.02 Å². The average molecular weight is 549 g/mol. The van der Waals surface area contributed by atoms with E-state index in [1.165, 1.54) is 5.56 Å². The number of anilines is 2. The van der Waals surface area contributed by atoms with E-state index in [-0.39, 0.29) is 5.91 Å². The number of amides is 1. The second kappa shape index (κ2) is 11.9. The molecule has 0 spiro atoms. The van der Waals surface area contributed by atoms with E-state index in [1.54, 1.807) is 36.1 Å². The zero-order chi connectivity index (χ0) is 26.5. The number of rotatable bonds is 9. The molecule has 0 bridgehead atoms. The quantitative estimate of drug-likeness (QED) is 0.278.